The minimum atomic E-state index is -0.489. The Morgan fingerprint density at radius 3 is 2.54 bits per heavy atom. The molecule has 3 amide bonds. The highest BCUT2D eigenvalue weighted by Crippen LogP contribution is 2.26. The molecule has 3 rings (SSSR count). The maximum Gasteiger partial charge on any atom is 0.323 e. The van der Waals surface area contributed by atoms with E-state index in [1.54, 1.807) is 30.1 Å². The largest absolute Gasteiger partial charge is 0.491 e. The van der Waals surface area contributed by atoms with E-state index < -0.39 is 6.03 Å². The quantitative estimate of drug-likeness (QED) is 0.890. The Bertz CT molecular complexity index is 777. The standard InChI is InChI=1S/C17H16FN3O3/c1-21-8-9-24-15-7-6-13(10-14(15)16(21)22)20-17(23)19-12-4-2-11(18)3-5-12/h2-7,10H,8-9H2,1H3,(H2,19,20,23). The first-order valence-corrected chi connectivity index (χ1v) is 7.39. The second kappa shape index (κ2) is 6.57. The Labute approximate surface area is 138 Å². The zero-order chi connectivity index (χ0) is 17.1. The van der Waals surface area contributed by atoms with Crippen LogP contribution in [-0.2, 0) is 0 Å². The zero-order valence-corrected chi connectivity index (χ0v) is 13.0. The van der Waals surface area contributed by atoms with E-state index in [0.717, 1.165) is 0 Å². The van der Waals surface area contributed by atoms with Gasteiger partial charge in [-0.25, -0.2) is 9.18 Å². The molecular formula is C17H16FN3O3. The molecule has 0 aliphatic carbocycles. The van der Waals surface area contributed by atoms with Crippen molar-refractivity contribution < 1.29 is 18.7 Å². The van der Waals surface area contributed by atoms with Crippen LogP contribution in [0, 0.1) is 5.82 Å². The molecule has 2 N–H and O–H groups in total. The zero-order valence-electron chi connectivity index (χ0n) is 13.0. The number of carbonyl (C=O) groups is 2. The maximum absolute atomic E-state index is 12.9. The van der Waals surface area contributed by atoms with Crippen LogP contribution < -0.4 is 15.4 Å². The van der Waals surface area contributed by atoms with Gasteiger partial charge in [0.05, 0.1) is 12.1 Å². The molecule has 0 saturated carbocycles. The number of fused-ring (bicyclic) bond motifs is 1. The highest BCUT2D eigenvalue weighted by molar-refractivity contribution is 6.02. The third-order valence-corrected chi connectivity index (χ3v) is 3.60. The Morgan fingerprint density at radius 1 is 1.12 bits per heavy atom. The summed E-state index contributed by atoms with van der Waals surface area (Å²) in [6.45, 7) is 0.925. The Morgan fingerprint density at radius 2 is 1.79 bits per heavy atom. The van der Waals surface area contributed by atoms with Crippen molar-refractivity contribution >= 4 is 23.3 Å². The fraction of sp³-hybridized carbons (Fsp3) is 0.176. The van der Waals surface area contributed by atoms with Crippen LogP contribution in [0.1, 0.15) is 10.4 Å². The first kappa shape index (κ1) is 15.8. The number of hydrogen-bond donors (Lipinski definition) is 2. The van der Waals surface area contributed by atoms with Gasteiger partial charge in [-0.2, -0.15) is 0 Å². The number of likely N-dealkylation sites (N-methyl/N-ethyl adjacent to an activating group) is 1. The third-order valence-electron chi connectivity index (χ3n) is 3.60. The van der Waals surface area contributed by atoms with Gasteiger partial charge < -0.3 is 20.3 Å². The van der Waals surface area contributed by atoms with Crippen LogP contribution in [0.2, 0.25) is 0 Å². The average molecular weight is 329 g/mol. The van der Waals surface area contributed by atoms with Crippen LogP contribution in [-0.4, -0.2) is 37.0 Å². The first-order chi connectivity index (χ1) is 11.5. The number of urea groups is 1. The van der Waals surface area contributed by atoms with Crippen molar-refractivity contribution in [3.63, 3.8) is 0 Å². The normalized spacial score (nSPS) is 13.6. The molecule has 24 heavy (non-hydrogen) atoms. The van der Waals surface area contributed by atoms with E-state index in [9.17, 15) is 14.0 Å². The number of hydrogen-bond acceptors (Lipinski definition) is 3. The van der Waals surface area contributed by atoms with Gasteiger partial charge in [0.15, 0.2) is 0 Å². The van der Waals surface area contributed by atoms with E-state index in [1.807, 2.05) is 0 Å². The lowest BCUT2D eigenvalue weighted by atomic mass is 10.1. The number of amides is 3. The summed E-state index contributed by atoms with van der Waals surface area (Å²) in [5.41, 5.74) is 1.32. The van der Waals surface area contributed by atoms with Crippen LogP contribution in [0.3, 0.4) is 0 Å². The molecule has 0 spiro atoms. The SMILES string of the molecule is CN1CCOc2ccc(NC(=O)Nc3ccc(F)cc3)cc2C1=O. The molecule has 0 fully saturated rings. The lowest BCUT2D eigenvalue weighted by molar-refractivity contribution is 0.0796. The van der Waals surface area contributed by atoms with E-state index in [1.165, 1.54) is 24.3 Å². The number of ether oxygens (including phenoxy) is 1. The molecule has 1 aliphatic rings. The second-order valence-corrected chi connectivity index (χ2v) is 5.37. The number of anilines is 2. The van der Waals surface area contributed by atoms with Crippen LogP contribution in [0.4, 0.5) is 20.6 Å². The summed E-state index contributed by atoms with van der Waals surface area (Å²) in [6, 6.07) is 9.81. The van der Waals surface area contributed by atoms with Gasteiger partial charge in [-0.1, -0.05) is 0 Å². The molecule has 0 bridgehead atoms. The molecule has 2 aromatic carbocycles. The van der Waals surface area contributed by atoms with Crippen LogP contribution >= 0.6 is 0 Å². The molecule has 124 valence electrons. The Balaban J connectivity index is 1.73. The van der Waals surface area contributed by atoms with Gasteiger partial charge in [0.2, 0.25) is 0 Å². The van der Waals surface area contributed by atoms with E-state index in [0.29, 0.717) is 35.8 Å². The molecule has 7 heteroatoms. The fourth-order valence-electron chi connectivity index (χ4n) is 2.33. The molecule has 0 unspecified atom stereocenters. The molecule has 0 aromatic heterocycles. The number of nitrogens with one attached hydrogen (secondary N) is 2. The van der Waals surface area contributed by atoms with Gasteiger partial charge in [-0.3, -0.25) is 4.79 Å². The minimum Gasteiger partial charge on any atom is -0.491 e. The van der Waals surface area contributed by atoms with Crippen molar-refractivity contribution in [2.24, 2.45) is 0 Å². The summed E-state index contributed by atoms with van der Waals surface area (Å²) in [5, 5.41) is 5.23. The number of rotatable bonds is 2. The number of halogens is 1. The summed E-state index contributed by atoms with van der Waals surface area (Å²) in [4.78, 5) is 25.8. The van der Waals surface area contributed by atoms with Gasteiger partial charge in [-0.05, 0) is 42.5 Å². The average Bonchev–Trinajstić information content (AvgIpc) is 2.70. The number of carbonyl (C=O) groups excluding carboxylic acids is 2. The highest BCUT2D eigenvalue weighted by Gasteiger charge is 2.21. The molecular weight excluding hydrogens is 313 g/mol. The maximum atomic E-state index is 12.9. The van der Waals surface area contributed by atoms with Gasteiger partial charge in [0.1, 0.15) is 18.2 Å². The molecule has 0 atom stereocenters. The summed E-state index contributed by atoms with van der Waals surface area (Å²) in [6.07, 6.45) is 0. The summed E-state index contributed by atoms with van der Waals surface area (Å²) in [7, 11) is 1.70. The monoisotopic (exact) mass is 329 g/mol. The van der Waals surface area contributed by atoms with Crippen molar-refractivity contribution in [3.05, 3.63) is 53.8 Å². The van der Waals surface area contributed by atoms with E-state index >= 15 is 0 Å². The van der Waals surface area contributed by atoms with Crippen LogP contribution in [0.5, 0.6) is 5.75 Å². The van der Waals surface area contributed by atoms with Gasteiger partial charge >= 0.3 is 6.03 Å². The lowest BCUT2D eigenvalue weighted by Gasteiger charge is -2.13. The molecule has 0 saturated heterocycles. The molecule has 1 heterocycles. The number of benzene rings is 2. The van der Waals surface area contributed by atoms with E-state index in [4.69, 9.17) is 4.74 Å². The number of nitrogens with zero attached hydrogens (tertiary/aromatic N) is 1. The van der Waals surface area contributed by atoms with Gasteiger partial charge in [-0.15, -0.1) is 0 Å². The smallest absolute Gasteiger partial charge is 0.323 e. The molecule has 6 nitrogen and oxygen atoms in total. The minimum absolute atomic E-state index is 0.162. The van der Waals surface area contributed by atoms with Crippen molar-refractivity contribution in [1.29, 1.82) is 0 Å². The van der Waals surface area contributed by atoms with Crippen molar-refractivity contribution in [2.45, 2.75) is 0 Å². The highest BCUT2D eigenvalue weighted by atomic mass is 19.1. The van der Waals surface area contributed by atoms with Crippen LogP contribution in [0.25, 0.3) is 0 Å². The van der Waals surface area contributed by atoms with Crippen molar-refractivity contribution in [2.75, 3.05) is 30.8 Å². The third kappa shape index (κ3) is 3.45. The fourth-order valence-corrected chi connectivity index (χ4v) is 2.33. The van der Waals surface area contributed by atoms with Crippen LogP contribution in [0.15, 0.2) is 42.5 Å². The predicted octanol–water partition coefficient (Wildman–Crippen LogP) is 2.93. The van der Waals surface area contributed by atoms with Crippen molar-refractivity contribution in [3.8, 4) is 5.75 Å². The van der Waals surface area contributed by atoms with Crippen molar-refractivity contribution in [1.82, 2.24) is 4.90 Å². The first-order valence-electron chi connectivity index (χ1n) is 7.39. The topological polar surface area (TPSA) is 70.7 Å². The molecule has 0 radical (unpaired) electrons. The summed E-state index contributed by atoms with van der Waals surface area (Å²) in [5.74, 6) is -0.0479. The summed E-state index contributed by atoms with van der Waals surface area (Å²) >= 11 is 0. The van der Waals surface area contributed by atoms with E-state index in [-0.39, 0.29) is 11.7 Å². The second-order valence-electron chi connectivity index (χ2n) is 5.37. The molecule has 1 aliphatic heterocycles. The Kier molecular flexibility index (Phi) is 4.33. The predicted molar refractivity (Wildman–Crippen MR) is 87.9 cm³/mol. The lowest BCUT2D eigenvalue weighted by Crippen LogP contribution is -2.28. The summed E-state index contributed by atoms with van der Waals surface area (Å²) < 4.78 is 18.4. The van der Waals surface area contributed by atoms with E-state index in [2.05, 4.69) is 10.6 Å². The molecule has 2 aromatic rings. The van der Waals surface area contributed by atoms with Gasteiger partial charge in [0, 0.05) is 18.4 Å². The van der Waals surface area contributed by atoms with Gasteiger partial charge in [0.25, 0.3) is 5.91 Å². The Hall–Kier alpha value is -3.09.